The molecule has 0 aliphatic heterocycles. The van der Waals surface area contributed by atoms with E-state index < -0.39 is 53.4 Å². The van der Waals surface area contributed by atoms with Crippen molar-refractivity contribution in [2.24, 2.45) is 0 Å². The van der Waals surface area contributed by atoms with Gasteiger partial charge in [0.05, 0.1) is 52.7 Å². The van der Waals surface area contributed by atoms with Gasteiger partial charge >= 0.3 is 41.8 Å². The smallest absolute Gasteiger partial charge is 0.417 e. The van der Waals surface area contributed by atoms with Crippen molar-refractivity contribution in [2.45, 2.75) is 66.7 Å². The minimum absolute atomic E-state index is 0.0443. The average Bonchev–Trinajstić information content (AvgIpc) is 3.22. The molecule has 0 aliphatic rings. The van der Waals surface area contributed by atoms with Gasteiger partial charge in [0.15, 0.2) is 11.8 Å². The molecular weight excluding hydrogens is 863 g/mol. The fraction of sp³-hybridized carbons (Fsp3) is 0.395. The maximum absolute atomic E-state index is 12.1. The largest absolute Gasteiger partial charge is 0.466 e. The van der Waals surface area contributed by atoms with Crippen molar-refractivity contribution < 1.29 is 71.5 Å². The van der Waals surface area contributed by atoms with E-state index in [9.17, 15) is 38.4 Å². The topological polar surface area (TPSA) is 201 Å². The summed E-state index contributed by atoms with van der Waals surface area (Å²) in [5.41, 5.74) is 1.43. The molecule has 0 bridgehead atoms. The molecule has 0 radical (unpaired) electrons. The first kappa shape index (κ1) is 55.5. The lowest BCUT2D eigenvalue weighted by atomic mass is 9.94. The Kier molecular flexibility index (Phi) is 29.4. The molecule has 0 amide bonds. The lowest BCUT2D eigenvalue weighted by Gasteiger charge is -2.15. The molecular formula is C43H51Cl3O15. The lowest BCUT2D eigenvalue weighted by molar-refractivity contribution is -0.167. The third kappa shape index (κ3) is 21.0. The molecule has 0 aromatic heterocycles. The summed E-state index contributed by atoms with van der Waals surface area (Å²) in [6, 6.07) is 20.2. The van der Waals surface area contributed by atoms with Crippen LogP contribution in [0.1, 0.15) is 77.0 Å². The molecule has 1 atom stereocenters. The second kappa shape index (κ2) is 32.3. The van der Waals surface area contributed by atoms with E-state index in [1.807, 2.05) is 18.2 Å². The lowest BCUT2D eigenvalue weighted by Crippen LogP contribution is -2.31. The maximum atomic E-state index is 12.1. The molecule has 0 aliphatic carbocycles. The third-order valence-electron chi connectivity index (χ3n) is 7.05. The molecule has 0 spiro atoms. The van der Waals surface area contributed by atoms with E-state index in [0.717, 1.165) is 5.56 Å². The van der Waals surface area contributed by atoms with Crippen LogP contribution in [-0.4, -0.2) is 93.8 Å². The summed E-state index contributed by atoms with van der Waals surface area (Å²) in [5.74, 6) is -8.80. The summed E-state index contributed by atoms with van der Waals surface area (Å²) >= 11 is 17.8. The maximum Gasteiger partial charge on any atom is 0.417 e. The Morgan fingerprint density at radius 2 is 0.738 bits per heavy atom. The van der Waals surface area contributed by atoms with Gasteiger partial charge in [0, 0.05) is 15.1 Å². The summed E-state index contributed by atoms with van der Waals surface area (Å²) in [6.45, 7) is 12.9. The van der Waals surface area contributed by atoms with E-state index in [-0.39, 0.29) is 62.6 Å². The van der Waals surface area contributed by atoms with Crippen molar-refractivity contribution in [1.29, 1.82) is 0 Å². The van der Waals surface area contributed by atoms with Crippen LogP contribution in [0, 0.1) is 0 Å². The van der Waals surface area contributed by atoms with Gasteiger partial charge in [-0.05, 0) is 83.4 Å². The molecule has 3 rings (SSSR count). The van der Waals surface area contributed by atoms with E-state index in [0.29, 0.717) is 22.2 Å². The molecule has 0 N–H and O–H groups in total. The first-order valence-corrected chi connectivity index (χ1v) is 20.2. The Balaban J connectivity index is 0.000000812. The predicted octanol–water partition coefficient (Wildman–Crippen LogP) is 7.23. The summed E-state index contributed by atoms with van der Waals surface area (Å²) in [7, 11) is 0. The molecule has 0 fully saturated rings. The standard InChI is InChI=1S/C14H15ClO5.C13H15ClO4.C10H11ClO2.C6H10O4/c1-3-19-13(17)11(12(16)14(18)20-4-2)9-7-5-6-8-10(9)15;1-3-17-12(15)11(13(16)18-4-2)9-7-5-6-8-10(9)14;1-2-13-10(12)7-8-5-3-4-6-9(8)11;1-3-9-5(7)6(8)10-4-2/h5-8,11H,3-4H2,1-2H3;5-8,11H,3-4H2,1-2H3;3-6H,2,7H2,1H3;3-4H2,1-2H3. The van der Waals surface area contributed by atoms with Gasteiger partial charge < -0.3 is 33.2 Å². The summed E-state index contributed by atoms with van der Waals surface area (Å²) in [5, 5.41) is 1.15. The van der Waals surface area contributed by atoms with E-state index in [1.165, 1.54) is 12.1 Å². The molecule has 1 unspecified atom stereocenters. The normalized spacial score (nSPS) is 10.3. The van der Waals surface area contributed by atoms with Crippen molar-refractivity contribution in [1.82, 2.24) is 0 Å². The highest BCUT2D eigenvalue weighted by Gasteiger charge is 2.37. The van der Waals surface area contributed by atoms with Crippen molar-refractivity contribution in [3.05, 3.63) is 105 Å². The first-order valence-electron chi connectivity index (χ1n) is 19.0. The van der Waals surface area contributed by atoms with Gasteiger partial charge in [0.2, 0.25) is 0 Å². The second-order valence-corrected chi connectivity index (χ2v) is 12.5. The van der Waals surface area contributed by atoms with Crippen LogP contribution < -0.4 is 0 Å². The van der Waals surface area contributed by atoms with Gasteiger partial charge in [-0.2, -0.15) is 0 Å². The van der Waals surface area contributed by atoms with E-state index in [1.54, 1.807) is 90.9 Å². The number of Topliss-reactive ketones (excluding diaryl/α,β-unsaturated/α-hetero) is 1. The van der Waals surface area contributed by atoms with Crippen LogP contribution in [-0.2, 0) is 77.9 Å². The monoisotopic (exact) mass is 912 g/mol. The number of hydrogen-bond donors (Lipinski definition) is 0. The molecule has 61 heavy (non-hydrogen) atoms. The Hall–Kier alpha value is -5.51. The summed E-state index contributed by atoms with van der Waals surface area (Å²) in [6.07, 6.45) is 0.244. The van der Waals surface area contributed by atoms with Gasteiger partial charge in [-0.15, -0.1) is 0 Å². The Morgan fingerprint density at radius 1 is 0.410 bits per heavy atom. The highest BCUT2D eigenvalue weighted by Crippen LogP contribution is 2.28. The average molecular weight is 914 g/mol. The van der Waals surface area contributed by atoms with Crippen molar-refractivity contribution in [3.63, 3.8) is 0 Å². The minimum atomic E-state index is -1.40. The zero-order valence-corrected chi connectivity index (χ0v) is 37.3. The summed E-state index contributed by atoms with van der Waals surface area (Å²) in [4.78, 5) is 91.2. The van der Waals surface area contributed by atoms with Gasteiger partial charge in [-0.1, -0.05) is 89.4 Å². The quantitative estimate of drug-likeness (QED) is 0.0603. The number of esters is 7. The second-order valence-electron chi connectivity index (χ2n) is 11.3. The molecule has 3 aromatic carbocycles. The molecule has 0 saturated carbocycles. The van der Waals surface area contributed by atoms with Crippen molar-refractivity contribution in [2.75, 3.05) is 46.2 Å². The number of benzene rings is 3. The number of carbonyl (C=O) groups is 8. The zero-order valence-electron chi connectivity index (χ0n) is 35.0. The number of hydrogen-bond acceptors (Lipinski definition) is 15. The molecule has 0 heterocycles. The number of halogens is 3. The Bertz CT molecular complexity index is 1850. The van der Waals surface area contributed by atoms with Crippen LogP contribution in [0.15, 0.2) is 72.8 Å². The zero-order chi connectivity index (χ0) is 46.3. The summed E-state index contributed by atoms with van der Waals surface area (Å²) < 4.78 is 32.7. The van der Waals surface area contributed by atoms with Crippen LogP contribution >= 0.6 is 34.8 Å². The van der Waals surface area contributed by atoms with Gasteiger partial charge in [0.1, 0.15) is 0 Å². The number of carbonyl (C=O) groups excluding carboxylic acids is 8. The number of ether oxygens (including phenoxy) is 7. The molecule has 334 valence electrons. The predicted molar refractivity (Wildman–Crippen MR) is 225 cm³/mol. The first-order chi connectivity index (χ1) is 29.1. The van der Waals surface area contributed by atoms with Crippen molar-refractivity contribution in [3.8, 4) is 0 Å². The number of ketones is 1. The van der Waals surface area contributed by atoms with Crippen LogP contribution in [0.5, 0.6) is 0 Å². The molecule has 0 saturated heterocycles. The van der Waals surface area contributed by atoms with Gasteiger partial charge in [0.25, 0.3) is 5.78 Å². The van der Waals surface area contributed by atoms with E-state index >= 15 is 0 Å². The van der Waals surface area contributed by atoms with Gasteiger partial charge in [-0.3, -0.25) is 24.0 Å². The number of rotatable bonds is 16. The van der Waals surface area contributed by atoms with E-state index in [4.69, 9.17) is 53.8 Å². The Labute approximate surface area is 370 Å². The fourth-order valence-corrected chi connectivity index (χ4v) is 5.22. The van der Waals surface area contributed by atoms with Crippen LogP contribution in [0.2, 0.25) is 15.1 Å². The molecule has 18 heteroatoms. The highest BCUT2D eigenvalue weighted by molar-refractivity contribution is 6.41. The third-order valence-corrected chi connectivity index (χ3v) is 8.11. The molecule has 3 aromatic rings. The minimum Gasteiger partial charge on any atom is -0.466 e. The van der Waals surface area contributed by atoms with Crippen LogP contribution in [0.4, 0.5) is 0 Å². The van der Waals surface area contributed by atoms with Crippen molar-refractivity contribution >= 4 is 82.4 Å². The van der Waals surface area contributed by atoms with Crippen LogP contribution in [0.25, 0.3) is 0 Å². The Morgan fingerprint density at radius 3 is 1.11 bits per heavy atom. The SMILES string of the molecule is CCOC(=O)C(=O)C(C(=O)OCC)c1ccccc1Cl.CCOC(=O)C(=O)OCC.CCOC(=O)C(C(=O)OCC)c1ccccc1Cl.CCOC(=O)Cc1ccccc1Cl. The highest BCUT2D eigenvalue weighted by atomic mass is 35.5. The van der Waals surface area contributed by atoms with E-state index in [2.05, 4.69) is 14.2 Å². The molecule has 15 nitrogen and oxygen atoms in total. The van der Waals surface area contributed by atoms with Gasteiger partial charge in [-0.25, -0.2) is 14.4 Å². The fourth-order valence-electron chi connectivity index (χ4n) is 4.53. The van der Waals surface area contributed by atoms with Crippen LogP contribution in [0.3, 0.4) is 0 Å².